The maximum absolute atomic E-state index is 12.6. The van der Waals surface area contributed by atoms with Gasteiger partial charge in [0.25, 0.3) is 23.6 Å². The summed E-state index contributed by atoms with van der Waals surface area (Å²) in [5.41, 5.74) is 16.3. The number of hydrogen-bond donors (Lipinski definition) is 1. The molecule has 0 bridgehead atoms. The lowest BCUT2D eigenvalue weighted by molar-refractivity contribution is 0.0641. The number of ether oxygens (including phenoxy) is 1. The number of aromatic nitrogens is 12. The summed E-state index contributed by atoms with van der Waals surface area (Å²) in [4.78, 5) is 46.7. The van der Waals surface area contributed by atoms with Gasteiger partial charge in [0.1, 0.15) is 17.1 Å². The highest BCUT2D eigenvalue weighted by atomic mass is 16.5. The summed E-state index contributed by atoms with van der Waals surface area (Å²) in [5.74, 6) is 2.40. The number of hydrogen-bond acceptors (Lipinski definition) is 20. The third kappa shape index (κ3) is 15.4. The van der Waals surface area contributed by atoms with Crippen molar-refractivity contribution in [2.45, 2.75) is 40.5 Å². The Bertz CT molecular complexity index is 4410. The molecule has 0 radical (unpaired) electrons. The molecule has 2 saturated heterocycles. The Hall–Kier alpha value is -11.6. The third-order valence-electron chi connectivity index (χ3n) is 16.4. The van der Waals surface area contributed by atoms with E-state index in [1.165, 1.54) is 0 Å². The highest BCUT2D eigenvalue weighted by Gasteiger charge is 2.22. The molecular weight excluding hydrogens is 1200 g/mol. The Morgan fingerprint density at radius 1 is 0.458 bits per heavy atom. The second-order valence-electron chi connectivity index (χ2n) is 22.9. The Balaban J connectivity index is 0.000000171. The average Bonchev–Trinajstić information content (AvgIpc) is 1.80. The highest BCUT2D eigenvalue weighted by Crippen LogP contribution is 2.32. The van der Waals surface area contributed by atoms with Crippen LogP contribution < -0.4 is 5.32 Å². The minimum atomic E-state index is 0. The second-order valence-corrected chi connectivity index (χ2v) is 22.9. The fraction of sp³-hybridized carbons (Fsp3) is 0.213. The molecule has 0 atom stereocenters. The smallest absolute Gasteiger partial charge is 0.268 e. The Kier molecular flexibility index (Phi) is 20.5. The lowest BCUT2D eigenvalue weighted by Gasteiger charge is -2.31. The van der Waals surface area contributed by atoms with Crippen molar-refractivity contribution in [3.63, 3.8) is 0 Å². The van der Waals surface area contributed by atoms with E-state index in [1.807, 2.05) is 155 Å². The van der Waals surface area contributed by atoms with E-state index < -0.39 is 0 Å². The van der Waals surface area contributed by atoms with Crippen LogP contribution in [0.3, 0.4) is 0 Å². The average molecular weight is 1280 g/mol. The number of nitrogens with zero attached hydrogens (tertiary/aromatic N) is 15. The SMILES string of the molecule is C=C(c1ccc(-c2cnc(C)c(-c3nnc(-c4ccccc4)o3)n2)cc1)N1CCNCC1.C=C(c1ccc(-c2cnc(C)c(-c3nnc(-c4ccccc4)o3)n2)cc1)N1CCOCC1.CCCCN(C)C(=O)c1ccc(-c2cnc(C)c(-c3nnc(-c4ccccc4)o3)n2)cc1.[HH].[HH].[HH]. The molecule has 1 N–H and O–H groups in total. The number of carbonyl (C=O) groups is 1. The normalized spacial score (nSPS) is 12.8. The molecule has 2 aliphatic rings. The fourth-order valence-electron chi connectivity index (χ4n) is 10.7. The van der Waals surface area contributed by atoms with Gasteiger partial charge in [0, 0.05) is 107 Å². The predicted molar refractivity (Wildman–Crippen MR) is 376 cm³/mol. The zero-order chi connectivity index (χ0) is 66.3. The van der Waals surface area contributed by atoms with Crippen molar-refractivity contribution in [2.24, 2.45) is 0 Å². The fourth-order valence-corrected chi connectivity index (χ4v) is 10.7. The van der Waals surface area contributed by atoms with E-state index in [-0.39, 0.29) is 10.2 Å². The van der Waals surface area contributed by atoms with E-state index in [0.29, 0.717) is 69.4 Å². The number of carbonyl (C=O) groups excluding carboxylic acids is 1. The van der Waals surface area contributed by atoms with Crippen molar-refractivity contribution in [2.75, 3.05) is 66.1 Å². The van der Waals surface area contributed by atoms with E-state index >= 15 is 0 Å². The van der Waals surface area contributed by atoms with Gasteiger partial charge in [-0.3, -0.25) is 19.7 Å². The summed E-state index contributed by atoms with van der Waals surface area (Å²) in [6, 6.07) is 52.8. The number of benzene rings is 6. The second kappa shape index (κ2) is 30.5. The molecule has 2 fully saturated rings. The summed E-state index contributed by atoms with van der Waals surface area (Å²) in [6.45, 7) is 24.2. The molecule has 6 aromatic carbocycles. The first-order valence-corrected chi connectivity index (χ1v) is 31.9. The van der Waals surface area contributed by atoms with Crippen molar-refractivity contribution in [1.82, 2.24) is 80.5 Å². The van der Waals surface area contributed by atoms with E-state index in [0.717, 1.165) is 151 Å². The number of rotatable bonds is 17. The van der Waals surface area contributed by atoms with Gasteiger partial charge in [0.2, 0.25) is 17.7 Å². The number of unbranched alkanes of at least 4 members (excludes halogenated alkanes) is 1. The molecule has 2 aliphatic heterocycles. The largest absolute Gasteiger partial charge is 0.415 e. The summed E-state index contributed by atoms with van der Waals surface area (Å²) in [5, 5.41) is 28.4. The zero-order valence-electron chi connectivity index (χ0n) is 54.3. The number of amides is 1. The number of morpholine rings is 1. The monoisotopic (exact) mass is 1280 g/mol. The lowest BCUT2D eigenvalue weighted by Crippen LogP contribution is -2.42. The van der Waals surface area contributed by atoms with Crippen LogP contribution in [0.2, 0.25) is 0 Å². The molecule has 0 unspecified atom stereocenters. The Labute approximate surface area is 561 Å². The molecule has 21 nitrogen and oxygen atoms in total. The number of aryl methyl sites for hydroxylation is 3. The minimum Gasteiger partial charge on any atom is -0.415 e. The van der Waals surface area contributed by atoms with E-state index in [9.17, 15) is 4.79 Å². The van der Waals surface area contributed by atoms with Crippen molar-refractivity contribution >= 4 is 17.3 Å². The van der Waals surface area contributed by atoms with Gasteiger partial charge >= 0.3 is 0 Å². The van der Waals surface area contributed by atoms with E-state index in [1.54, 1.807) is 23.5 Å². The molecule has 8 heterocycles. The third-order valence-corrected chi connectivity index (χ3v) is 16.4. The van der Waals surface area contributed by atoms with Crippen LogP contribution in [-0.4, -0.2) is 147 Å². The molecule has 1 amide bonds. The van der Waals surface area contributed by atoms with Crippen LogP contribution in [-0.2, 0) is 4.74 Å². The van der Waals surface area contributed by atoms with Gasteiger partial charge in [-0.1, -0.05) is 142 Å². The van der Waals surface area contributed by atoms with Crippen LogP contribution in [0.4, 0.5) is 0 Å². The highest BCUT2D eigenvalue weighted by molar-refractivity contribution is 5.94. The van der Waals surface area contributed by atoms with Crippen LogP contribution in [0, 0.1) is 20.8 Å². The molecule has 0 aliphatic carbocycles. The van der Waals surface area contributed by atoms with Gasteiger partial charge in [0.05, 0.1) is 66.0 Å². The van der Waals surface area contributed by atoms with Gasteiger partial charge in [-0.15, -0.1) is 30.6 Å². The van der Waals surface area contributed by atoms with Crippen LogP contribution in [0.1, 0.15) is 62.6 Å². The summed E-state index contributed by atoms with van der Waals surface area (Å²) in [7, 11) is 1.83. The molecule has 12 aromatic rings. The van der Waals surface area contributed by atoms with Gasteiger partial charge in [0.15, 0.2) is 0 Å². The predicted octanol–water partition coefficient (Wildman–Crippen LogP) is 14.3. The van der Waals surface area contributed by atoms with E-state index in [4.69, 9.17) is 32.9 Å². The number of piperazine rings is 1. The maximum Gasteiger partial charge on any atom is 0.268 e. The van der Waals surface area contributed by atoms with Gasteiger partial charge in [-0.25, -0.2) is 15.0 Å². The van der Waals surface area contributed by atoms with Gasteiger partial charge in [-0.05, 0) is 86.8 Å². The molecular formula is C75H78N16O5. The van der Waals surface area contributed by atoms with Crippen LogP contribution in [0.25, 0.3) is 114 Å². The van der Waals surface area contributed by atoms with Crippen molar-refractivity contribution in [3.8, 4) is 103 Å². The topological polar surface area (TPSA) is 242 Å². The maximum atomic E-state index is 12.6. The first-order chi connectivity index (χ1) is 46.9. The van der Waals surface area contributed by atoms with Crippen LogP contribution in [0.15, 0.2) is 209 Å². The van der Waals surface area contributed by atoms with E-state index in [2.05, 4.69) is 117 Å². The quantitative estimate of drug-likeness (QED) is 0.0890. The molecule has 0 spiro atoms. The Morgan fingerprint density at radius 2 is 0.792 bits per heavy atom. The lowest BCUT2D eigenvalue weighted by atomic mass is 10.1. The summed E-state index contributed by atoms with van der Waals surface area (Å²) < 4.78 is 23.1. The molecule has 6 aromatic heterocycles. The van der Waals surface area contributed by atoms with Crippen LogP contribution >= 0.6 is 0 Å². The number of nitrogens with one attached hydrogen (secondary N) is 1. The first-order valence-electron chi connectivity index (χ1n) is 31.9. The minimum absolute atomic E-state index is 0. The molecule has 96 heavy (non-hydrogen) atoms. The summed E-state index contributed by atoms with van der Waals surface area (Å²) in [6.07, 6.45) is 7.28. The Morgan fingerprint density at radius 3 is 1.15 bits per heavy atom. The van der Waals surface area contributed by atoms with Crippen molar-refractivity contribution in [1.29, 1.82) is 0 Å². The van der Waals surface area contributed by atoms with Crippen LogP contribution in [0.5, 0.6) is 0 Å². The standard InChI is InChI=1S/C25H24N6O.C25H23N5O2.C25H25N5O2.3H2/c1-17-23(25-30-29-24(32-25)21-6-4-3-5-7-21)28-22(16-27-17)20-10-8-19(9-11-20)18(2)31-14-12-26-13-15-31;1-17-23(25-29-28-24(32-25)21-6-4-3-5-7-21)27-22(16-26-17)20-10-8-19(9-11-20)18(2)30-12-14-31-15-13-30;1-4-5-15-30(3)25(31)20-13-11-18(12-14-20)21-16-26-17(2)22(27-21)24-29-28-23(32-24)19-9-7-6-8-10-19;;;/h3-11,16,26H,2,12-15H2,1H3;3-11,16H,2,12-15H2,1H3;6-14,16H,4-5,15H2,1-3H3;3*1H. The molecule has 488 valence electrons. The molecule has 0 saturated carbocycles. The van der Waals surface area contributed by atoms with Gasteiger partial charge in [-0.2, -0.15) is 0 Å². The first kappa shape index (κ1) is 64.6. The summed E-state index contributed by atoms with van der Waals surface area (Å²) >= 11 is 0. The zero-order valence-corrected chi connectivity index (χ0v) is 54.3. The van der Waals surface area contributed by atoms with Crippen molar-refractivity contribution in [3.05, 3.63) is 229 Å². The van der Waals surface area contributed by atoms with Gasteiger partial charge < -0.3 is 38.0 Å². The molecule has 14 rings (SSSR count). The van der Waals surface area contributed by atoms with Crippen molar-refractivity contribution < 1.29 is 27.1 Å². The molecule has 21 heteroatoms.